The second kappa shape index (κ2) is 7.01. The first-order valence-electron chi connectivity index (χ1n) is 6.89. The average molecular weight is 300 g/mol. The van der Waals surface area contributed by atoms with Crippen LogP contribution in [-0.4, -0.2) is 10.8 Å². The Balaban J connectivity index is 2.69. The van der Waals surface area contributed by atoms with Crippen LogP contribution in [0.25, 0.3) is 0 Å². The second-order valence-corrected chi connectivity index (χ2v) is 8.28. The minimum atomic E-state index is 0.114. The first-order valence-corrected chi connectivity index (χ1v) is 8.15. The highest BCUT2D eigenvalue weighted by Crippen LogP contribution is 2.31. The van der Waals surface area contributed by atoms with E-state index in [1.807, 2.05) is 11.8 Å². The highest BCUT2D eigenvalue weighted by atomic mass is 35.5. The van der Waals surface area contributed by atoms with Gasteiger partial charge in [-0.2, -0.15) is 0 Å². The maximum absolute atomic E-state index is 6.37. The van der Waals surface area contributed by atoms with Crippen LogP contribution in [0.3, 0.4) is 0 Å². The van der Waals surface area contributed by atoms with Gasteiger partial charge in [0.2, 0.25) is 0 Å². The van der Waals surface area contributed by atoms with E-state index in [-0.39, 0.29) is 5.54 Å². The van der Waals surface area contributed by atoms with Gasteiger partial charge < -0.3 is 5.32 Å². The first kappa shape index (κ1) is 16.9. The fraction of sp³-hybridized carbons (Fsp3) is 0.625. The van der Waals surface area contributed by atoms with Gasteiger partial charge in [0.05, 0.1) is 0 Å². The summed E-state index contributed by atoms with van der Waals surface area (Å²) < 4.78 is 0. The number of nitrogens with one attached hydrogen (secondary N) is 1. The minimum absolute atomic E-state index is 0.114. The van der Waals surface area contributed by atoms with Gasteiger partial charge in [0.25, 0.3) is 0 Å². The van der Waals surface area contributed by atoms with Crippen LogP contribution in [0.5, 0.6) is 0 Å². The molecule has 1 N–H and O–H groups in total. The number of hydrogen-bond donors (Lipinski definition) is 1. The van der Waals surface area contributed by atoms with Crippen LogP contribution < -0.4 is 5.32 Å². The topological polar surface area (TPSA) is 12.0 Å². The number of halogens is 1. The summed E-state index contributed by atoms with van der Waals surface area (Å²) in [6.45, 7) is 14.1. The second-order valence-electron chi connectivity index (χ2n) is 6.42. The molecule has 1 rings (SSSR count). The first-order chi connectivity index (χ1) is 8.69. The Morgan fingerprint density at radius 2 is 1.84 bits per heavy atom. The van der Waals surface area contributed by atoms with Crippen molar-refractivity contribution in [3.8, 4) is 0 Å². The number of benzene rings is 1. The third-order valence-corrected chi connectivity index (χ3v) is 4.89. The van der Waals surface area contributed by atoms with Crippen molar-refractivity contribution in [2.24, 2.45) is 5.92 Å². The molecular weight excluding hydrogens is 274 g/mol. The Bertz CT molecular complexity index is 410. The maximum atomic E-state index is 6.37. The monoisotopic (exact) mass is 299 g/mol. The zero-order valence-corrected chi connectivity index (χ0v) is 14.5. The Morgan fingerprint density at radius 1 is 1.21 bits per heavy atom. The van der Waals surface area contributed by atoms with E-state index in [4.69, 9.17) is 11.6 Å². The van der Waals surface area contributed by atoms with E-state index in [0.29, 0.717) is 11.2 Å². The van der Waals surface area contributed by atoms with E-state index in [1.165, 1.54) is 4.90 Å². The SMILES string of the molecule is CC(C)C(C)Sc1ccc(CNC(C)(C)C)c(Cl)c1. The molecule has 1 aromatic rings. The lowest BCUT2D eigenvalue weighted by atomic mass is 10.1. The van der Waals surface area contributed by atoms with Crippen LogP contribution in [0.15, 0.2) is 23.1 Å². The third-order valence-electron chi connectivity index (χ3n) is 3.09. The van der Waals surface area contributed by atoms with Gasteiger partial charge in [-0.3, -0.25) is 0 Å². The van der Waals surface area contributed by atoms with Crippen molar-refractivity contribution in [2.45, 2.75) is 63.8 Å². The predicted molar refractivity (Wildman–Crippen MR) is 88.2 cm³/mol. The van der Waals surface area contributed by atoms with Gasteiger partial charge in [-0.15, -0.1) is 11.8 Å². The molecule has 1 aromatic carbocycles. The van der Waals surface area contributed by atoms with Crippen molar-refractivity contribution >= 4 is 23.4 Å². The van der Waals surface area contributed by atoms with Crippen LogP contribution >= 0.6 is 23.4 Å². The molecule has 108 valence electrons. The number of thioether (sulfide) groups is 1. The summed E-state index contributed by atoms with van der Waals surface area (Å²) >= 11 is 8.26. The van der Waals surface area contributed by atoms with Gasteiger partial charge in [-0.1, -0.05) is 38.4 Å². The molecule has 0 saturated carbocycles. The van der Waals surface area contributed by atoms with Crippen molar-refractivity contribution in [1.82, 2.24) is 5.32 Å². The number of hydrogen-bond acceptors (Lipinski definition) is 2. The van der Waals surface area contributed by atoms with E-state index in [2.05, 4.69) is 65.1 Å². The smallest absolute Gasteiger partial charge is 0.0462 e. The summed E-state index contributed by atoms with van der Waals surface area (Å²) in [5.74, 6) is 0.672. The molecule has 19 heavy (non-hydrogen) atoms. The summed E-state index contributed by atoms with van der Waals surface area (Å²) in [6, 6.07) is 6.40. The molecule has 1 atom stereocenters. The van der Waals surface area contributed by atoms with Crippen molar-refractivity contribution in [1.29, 1.82) is 0 Å². The Kier molecular flexibility index (Phi) is 6.22. The molecule has 0 saturated heterocycles. The zero-order chi connectivity index (χ0) is 14.6. The standard InChI is InChI=1S/C16H26ClNS/c1-11(2)12(3)19-14-8-7-13(15(17)9-14)10-18-16(4,5)6/h7-9,11-12,18H,10H2,1-6H3. The summed E-state index contributed by atoms with van der Waals surface area (Å²) in [4.78, 5) is 1.26. The molecule has 0 aromatic heterocycles. The fourth-order valence-electron chi connectivity index (χ4n) is 1.46. The summed E-state index contributed by atoms with van der Waals surface area (Å²) in [6.07, 6.45) is 0. The minimum Gasteiger partial charge on any atom is -0.308 e. The van der Waals surface area contributed by atoms with E-state index in [9.17, 15) is 0 Å². The zero-order valence-electron chi connectivity index (χ0n) is 12.9. The molecule has 0 aliphatic carbocycles. The van der Waals surface area contributed by atoms with E-state index in [1.54, 1.807) is 0 Å². The molecule has 0 fully saturated rings. The molecule has 1 unspecified atom stereocenters. The third kappa shape index (κ3) is 6.20. The van der Waals surface area contributed by atoms with Crippen molar-refractivity contribution in [2.75, 3.05) is 0 Å². The highest BCUT2D eigenvalue weighted by molar-refractivity contribution is 8.00. The van der Waals surface area contributed by atoms with E-state index in [0.717, 1.165) is 17.1 Å². The maximum Gasteiger partial charge on any atom is 0.0462 e. The van der Waals surface area contributed by atoms with Crippen molar-refractivity contribution < 1.29 is 0 Å². The normalized spacial score (nSPS) is 13.9. The Morgan fingerprint density at radius 3 is 2.32 bits per heavy atom. The van der Waals surface area contributed by atoms with Crippen LogP contribution in [0.2, 0.25) is 5.02 Å². The van der Waals surface area contributed by atoms with E-state index < -0.39 is 0 Å². The highest BCUT2D eigenvalue weighted by Gasteiger charge is 2.12. The van der Waals surface area contributed by atoms with Gasteiger partial charge in [0, 0.05) is 27.3 Å². The van der Waals surface area contributed by atoms with E-state index >= 15 is 0 Å². The predicted octanol–water partition coefficient (Wildman–Crippen LogP) is 5.36. The Hall–Kier alpha value is -0.180. The van der Waals surface area contributed by atoms with Crippen LogP contribution in [0.4, 0.5) is 0 Å². The molecule has 1 nitrogen and oxygen atoms in total. The number of rotatable bonds is 5. The van der Waals surface area contributed by atoms with Gasteiger partial charge in [-0.25, -0.2) is 0 Å². The summed E-state index contributed by atoms with van der Waals surface area (Å²) in [5, 5.41) is 4.93. The lowest BCUT2D eigenvalue weighted by molar-refractivity contribution is 0.424. The van der Waals surface area contributed by atoms with Crippen molar-refractivity contribution in [3.05, 3.63) is 28.8 Å². The molecule has 0 amide bonds. The van der Waals surface area contributed by atoms with Crippen LogP contribution in [0, 0.1) is 5.92 Å². The van der Waals surface area contributed by atoms with Gasteiger partial charge in [0.1, 0.15) is 0 Å². The molecule has 0 aliphatic heterocycles. The van der Waals surface area contributed by atoms with Gasteiger partial charge in [-0.05, 0) is 44.4 Å². The summed E-state index contributed by atoms with van der Waals surface area (Å²) in [5.41, 5.74) is 1.28. The van der Waals surface area contributed by atoms with Crippen LogP contribution in [0.1, 0.15) is 47.1 Å². The average Bonchev–Trinajstić information content (AvgIpc) is 2.26. The molecule has 0 heterocycles. The van der Waals surface area contributed by atoms with Crippen LogP contribution in [-0.2, 0) is 6.54 Å². The molecule has 0 spiro atoms. The fourth-order valence-corrected chi connectivity index (χ4v) is 2.80. The van der Waals surface area contributed by atoms with Gasteiger partial charge in [0.15, 0.2) is 0 Å². The molecule has 3 heteroatoms. The molecular formula is C16H26ClNS. The lowest BCUT2D eigenvalue weighted by Gasteiger charge is -2.21. The molecule has 0 bridgehead atoms. The molecule has 0 aliphatic rings. The largest absolute Gasteiger partial charge is 0.308 e. The lowest BCUT2D eigenvalue weighted by Crippen LogP contribution is -2.35. The Labute approximate surface area is 127 Å². The quantitative estimate of drug-likeness (QED) is 0.734. The van der Waals surface area contributed by atoms with Crippen molar-refractivity contribution in [3.63, 3.8) is 0 Å². The van der Waals surface area contributed by atoms with Gasteiger partial charge >= 0.3 is 0 Å². The molecule has 0 radical (unpaired) electrons. The summed E-state index contributed by atoms with van der Waals surface area (Å²) in [7, 11) is 0.